The summed E-state index contributed by atoms with van der Waals surface area (Å²) >= 11 is 12.0. The largest absolute Gasteiger partial charge is 0.382 e. The first kappa shape index (κ1) is 21.4. The Labute approximate surface area is 186 Å². The minimum absolute atomic E-state index is 0.0294. The molecule has 0 atom stereocenters. The van der Waals surface area contributed by atoms with Crippen molar-refractivity contribution in [2.45, 2.75) is 50.5 Å². The molecule has 30 heavy (non-hydrogen) atoms. The van der Waals surface area contributed by atoms with Crippen molar-refractivity contribution in [2.75, 3.05) is 11.5 Å². The molecule has 1 aromatic carbocycles. The Morgan fingerprint density at radius 1 is 1.23 bits per heavy atom. The Balaban J connectivity index is 1.50. The second kappa shape index (κ2) is 8.36. The van der Waals surface area contributed by atoms with Crippen LogP contribution in [0.1, 0.15) is 37.1 Å². The maximum atomic E-state index is 12.7. The first-order chi connectivity index (χ1) is 14.3. The predicted molar refractivity (Wildman–Crippen MR) is 121 cm³/mol. The number of fused-ring (bicyclic) bond motifs is 1. The monoisotopic (exact) mass is 466 g/mol. The molecule has 1 fully saturated rings. The maximum Gasteiger partial charge on any atom is 0.179 e. The van der Waals surface area contributed by atoms with E-state index >= 15 is 0 Å². The third kappa shape index (κ3) is 4.43. The van der Waals surface area contributed by atoms with Crippen molar-refractivity contribution in [2.24, 2.45) is 5.92 Å². The number of nitrogens with zero attached hydrogens (tertiary/aromatic N) is 3. The van der Waals surface area contributed by atoms with Crippen molar-refractivity contribution in [1.82, 2.24) is 14.5 Å². The van der Waals surface area contributed by atoms with Crippen LogP contribution in [0.3, 0.4) is 0 Å². The van der Waals surface area contributed by atoms with Gasteiger partial charge in [0, 0.05) is 24.2 Å². The lowest BCUT2D eigenvalue weighted by atomic mass is 10.2. The number of anilines is 1. The van der Waals surface area contributed by atoms with Crippen LogP contribution >= 0.6 is 23.2 Å². The number of benzene rings is 1. The Bertz CT molecular complexity index is 1200. The fourth-order valence-electron chi connectivity index (χ4n) is 3.74. The molecule has 4 rings (SSSR count). The van der Waals surface area contributed by atoms with Gasteiger partial charge in [0.25, 0.3) is 0 Å². The number of aromatic nitrogens is 3. The van der Waals surface area contributed by atoms with Crippen LogP contribution in [-0.4, -0.2) is 28.7 Å². The van der Waals surface area contributed by atoms with E-state index < -0.39 is 9.84 Å². The van der Waals surface area contributed by atoms with Gasteiger partial charge in [-0.15, -0.1) is 0 Å². The molecule has 0 unspecified atom stereocenters. The molecule has 2 aromatic heterocycles. The summed E-state index contributed by atoms with van der Waals surface area (Å²) in [6.45, 7) is 2.69. The number of sulfone groups is 1. The predicted octanol–water partition coefficient (Wildman–Crippen LogP) is 4.84. The molecule has 3 aromatic rings. The Hall–Kier alpha value is -1.83. The topological polar surface area (TPSA) is 90.9 Å². The number of nitrogen functional groups attached to an aromatic ring is 1. The molecular formula is C21H24Cl2N4O2S. The third-order valence-corrected chi connectivity index (χ3v) is 8.01. The molecule has 0 saturated heterocycles. The maximum absolute atomic E-state index is 12.7. The molecule has 0 aliphatic heterocycles. The van der Waals surface area contributed by atoms with E-state index in [1.165, 1.54) is 25.0 Å². The average molecular weight is 467 g/mol. The van der Waals surface area contributed by atoms with Crippen LogP contribution in [0.5, 0.6) is 0 Å². The summed E-state index contributed by atoms with van der Waals surface area (Å²) in [5.74, 6) is 2.16. The number of hydrogen-bond acceptors (Lipinski definition) is 5. The summed E-state index contributed by atoms with van der Waals surface area (Å²) in [5, 5.41) is 0.576. The fraction of sp³-hybridized carbons (Fsp3) is 0.429. The molecule has 1 aliphatic carbocycles. The number of halogens is 2. The van der Waals surface area contributed by atoms with Gasteiger partial charge in [0.15, 0.2) is 15.7 Å². The second-order valence-corrected chi connectivity index (χ2v) is 10.9. The summed E-state index contributed by atoms with van der Waals surface area (Å²) in [6.07, 6.45) is 6.38. The second-order valence-electron chi connectivity index (χ2n) is 7.95. The van der Waals surface area contributed by atoms with Gasteiger partial charge in [0.2, 0.25) is 0 Å². The zero-order chi connectivity index (χ0) is 21.5. The summed E-state index contributed by atoms with van der Waals surface area (Å²) < 4.78 is 27.6. The van der Waals surface area contributed by atoms with Crippen molar-refractivity contribution in [3.05, 3.63) is 45.8 Å². The zero-order valence-corrected chi connectivity index (χ0v) is 19.1. The quantitative estimate of drug-likeness (QED) is 0.479. The number of rotatable bonds is 8. The van der Waals surface area contributed by atoms with Crippen LogP contribution < -0.4 is 5.73 Å². The van der Waals surface area contributed by atoms with Gasteiger partial charge in [-0.3, -0.25) is 0 Å². The van der Waals surface area contributed by atoms with Gasteiger partial charge in [-0.2, -0.15) is 0 Å². The van der Waals surface area contributed by atoms with E-state index in [-0.39, 0.29) is 15.7 Å². The van der Waals surface area contributed by atoms with Gasteiger partial charge in [0.1, 0.15) is 11.3 Å². The molecule has 0 amide bonds. The molecule has 2 N–H and O–H groups in total. The number of unbranched alkanes of at least 4 members (excludes halogenated alkanes) is 1. The van der Waals surface area contributed by atoms with E-state index in [0.29, 0.717) is 36.1 Å². The molecule has 6 nitrogen and oxygen atoms in total. The van der Waals surface area contributed by atoms with Gasteiger partial charge in [0.05, 0.1) is 21.2 Å². The van der Waals surface area contributed by atoms with Gasteiger partial charge in [-0.05, 0) is 62.3 Å². The molecule has 160 valence electrons. The van der Waals surface area contributed by atoms with Crippen molar-refractivity contribution in [3.8, 4) is 0 Å². The van der Waals surface area contributed by atoms with Crippen molar-refractivity contribution >= 4 is 49.9 Å². The van der Waals surface area contributed by atoms with Crippen LogP contribution in [-0.2, 0) is 22.8 Å². The van der Waals surface area contributed by atoms with Crippen LogP contribution in [0.2, 0.25) is 10.0 Å². The van der Waals surface area contributed by atoms with Crippen LogP contribution in [0.4, 0.5) is 5.82 Å². The lowest BCUT2D eigenvalue weighted by Crippen LogP contribution is -2.10. The van der Waals surface area contributed by atoms with Crippen LogP contribution in [0, 0.1) is 12.8 Å². The first-order valence-electron chi connectivity index (χ1n) is 10.0. The van der Waals surface area contributed by atoms with E-state index in [1.807, 2.05) is 6.92 Å². The van der Waals surface area contributed by atoms with E-state index in [9.17, 15) is 8.42 Å². The number of aryl methyl sites for hydroxylation is 2. The van der Waals surface area contributed by atoms with Crippen LogP contribution in [0.15, 0.2) is 29.3 Å². The Morgan fingerprint density at radius 2 is 2.00 bits per heavy atom. The van der Waals surface area contributed by atoms with E-state index in [1.54, 1.807) is 12.3 Å². The highest BCUT2D eigenvalue weighted by Crippen LogP contribution is 2.34. The summed E-state index contributed by atoms with van der Waals surface area (Å²) in [5.41, 5.74) is 8.83. The Kier molecular flexibility index (Phi) is 5.97. The molecule has 1 aliphatic rings. The molecule has 0 bridgehead atoms. The summed E-state index contributed by atoms with van der Waals surface area (Å²) in [4.78, 5) is 9.14. The minimum Gasteiger partial charge on any atom is -0.382 e. The van der Waals surface area contributed by atoms with E-state index in [0.717, 1.165) is 28.8 Å². The highest BCUT2D eigenvalue weighted by Gasteiger charge is 2.26. The Morgan fingerprint density at radius 3 is 2.70 bits per heavy atom. The highest BCUT2D eigenvalue weighted by molar-refractivity contribution is 7.91. The van der Waals surface area contributed by atoms with Crippen molar-refractivity contribution in [1.29, 1.82) is 0 Å². The SMILES string of the molecule is Cc1cnc(N)c2nc(CC3CC3)n(CCCCS(=O)(=O)c3ccc(Cl)cc3Cl)c12. The minimum atomic E-state index is -3.47. The van der Waals surface area contributed by atoms with Gasteiger partial charge >= 0.3 is 0 Å². The lowest BCUT2D eigenvalue weighted by Gasteiger charge is -2.11. The summed E-state index contributed by atoms with van der Waals surface area (Å²) in [6, 6.07) is 4.47. The lowest BCUT2D eigenvalue weighted by molar-refractivity contribution is 0.577. The molecule has 9 heteroatoms. The van der Waals surface area contributed by atoms with Gasteiger partial charge in [-0.1, -0.05) is 23.2 Å². The third-order valence-electron chi connectivity index (χ3n) is 5.50. The zero-order valence-electron chi connectivity index (χ0n) is 16.7. The molecule has 0 radical (unpaired) electrons. The van der Waals surface area contributed by atoms with E-state index in [2.05, 4.69) is 9.55 Å². The number of hydrogen-bond donors (Lipinski definition) is 1. The van der Waals surface area contributed by atoms with Crippen LogP contribution in [0.25, 0.3) is 11.0 Å². The average Bonchev–Trinajstić information content (AvgIpc) is 3.41. The number of pyridine rings is 1. The van der Waals surface area contributed by atoms with Crippen molar-refractivity contribution in [3.63, 3.8) is 0 Å². The first-order valence-corrected chi connectivity index (χ1v) is 12.4. The standard InChI is InChI=1S/C21H24Cl2N4O2S/c1-13-12-25-21(24)19-20(13)27(18(26-19)10-14-4-5-14)8-2-3-9-30(28,29)17-7-6-15(22)11-16(17)23/h6-7,11-12,14H,2-5,8-10H2,1H3,(H2,24,25). The van der Waals surface area contributed by atoms with Gasteiger partial charge in [-0.25, -0.2) is 18.4 Å². The fourth-order valence-corrected chi connectivity index (χ4v) is 5.94. The molecule has 2 heterocycles. The number of nitrogens with two attached hydrogens (primary N) is 1. The number of imidazole rings is 1. The molecular weight excluding hydrogens is 443 g/mol. The summed E-state index contributed by atoms with van der Waals surface area (Å²) in [7, 11) is -3.47. The van der Waals surface area contributed by atoms with Gasteiger partial charge < -0.3 is 10.3 Å². The molecule has 1 saturated carbocycles. The molecule has 0 spiro atoms. The smallest absolute Gasteiger partial charge is 0.179 e. The normalized spacial score (nSPS) is 14.5. The highest BCUT2D eigenvalue weighted by atomic mass is 35.5. The van der Waals surface area contributed by atoms with Crippen molar-refractivity contribution < 1.29 is 8.42 Å². The van der Waals surface area contributed by atoms with E-state index in [4.69, 9.17) is 33.9 Å².